The molecule has 55 heavy (non-hydrogen) atoms. The maximum atomic E-state index is 12.6. The molecular formula is C42H70NO11P. The van der Waals surface area contributed by atoms with E-state index in [1.54, 1.807) is 12.2 Å². The first-order valence-corrected chi connectivity index (χ1v) is 21.8. The summed E-state index contributed by atoms with van der Waals surface area (Å²) in [5.41, 5.74) is 5.31. The Morgan fingerprint density at radius 2 is 1.13 bits per heavy atom. The highest BCUT2D eigenvalue weighted by molar-refractivity contribution is 7.47. The second-order valence-electron chi connectivity index (χ2n) is 13.4. The summed E-state index contributed by atoms with van der Waals surface area (Å²) in [6.07, 6.45) is 37.0. The SMILES string of the molecule is CCCCC/C=C\C/C=C\C/C=C\CCCCC(=O)OC[C@H](COP(=O)(O)OC[C@H](N)C(=O)O)OC(=O)CCCCCCC/C=C\C=C\C(=O)CCCCC. The van der Waals surface area contributed by atoms with Gasteiger partial charge in [-0.3, -0.25) is 28.2 Å². The molecule has 0 aliphatic heterocycles. The van der Waals surface area contributed by atoms with E-state index in [2.05, 4.69) is 54.8 Å². The van der Waals surface area contributed by atoms with Crippen molar-refractivity contribution in [3.05, 3.63) is 60.8 Å². The summed E-state index contributed by atoms with van der Waals surface area (Å²) in [5.74, 6) is -2.36. The van der Waals surface area contributed by atoms with E-state index < -0.39 is 57.7 Å². The van der Waals surface area contributed by atoms with Gasteiger partial charge in [-0.1, -0.05) is 113 Å². The van der Waals surface area contributed by atoms with Gasteiger partial charge >= 0.3 is 25.7 Å². The van der Waals surface area contributed by atoms with E-state index in [4.69, 9.17) is 24.8 Å². The molecule has 4 N–H and O–H groups in total. The molecule has 0 heterocycles. The molecule has 0 bridgehead atoms. The van der Waals surface area contributed by atoms with E-state index in [9.17, 15) is 28.6 Å². The van der Waals surface area contributed by atoms with Gasteiger partial charge in [0.2, 0.25) is 0 Å². The van der Waals surface area contributed by atoms with Gasteiger partial charge < -0.3 is 25.2 Å². The number of nitrogens with two attached hydrogens (primary N) is 1. The van der Waals surface area contributed by atoms with Crippen LogP contribution in [-0.4, -0.2) is 65.7 Å². The van der Waals surface area contributed by atoms with Crippen LogP contribution < -0.4 is 5.73 Å². The van der Waals surface area contributed by atoms with Gasteiger partial charge in [0, 0.05) is 19.3 Å². The van der Waals surface area contributed by atoms with Gasteiger partial charge in [0.15, 0.2) is 11.9 Å². The van der Waals surface area contributed by atoms with E-state index in [1.165, 1.54) is 19.3 Å². The number of carbonyl (C=O) groups is 4. The number of phosphoric acid groups is 1. The zero-order valence-corrected chi connectivity index (χ0v) is 34.4. The van der Waals surface area contributed by atoms with E-state index in [0.29, 0.717) is 19.3 Å². The minimum absolute atomic E-state index is 0.0989. The third-order valence-electron chi connectivity index (χ3n) is 8.21. The lowest BCUT2D eigenvalue weighted by Crippen LogP contribution is -2.34. The summed E-state index contributed by atoms with van der Waals surface area (Å²) in [6, 6.07) is -1.54. The summed E-state index contributed by atoms with van der Waals surface area (Å²) in [6.45, 7) is 2.51. The van der Waals surface area contributed by atoms with Gasteiger partial charge in [0.05, 0.1) is 13.2 Å². The minimum atomic E-state index is -4.75. The second kappa shape index (κ2) is 36.5. The second-order valence-corrected chi connectivity index (χ2v) is 14.9. The fourth-order valence-electron chi connectivity index (χ4n) is 4.93. The fourth-order valence-corrected chi connectivity index (χ4v) is 5.71. The van der Waals surface area contributed by atoms with E-state index in [0.717, 1.165) is 83.5 Å². The zero-order chi connectivity index (χ0) is 40.8. The van der Waals surface area contributed by atoms with Gasteiger partial charge in [-0.2, -0.15) is 0 Å². The first kappa shape index (κ1) is 51.9. The normalized spacial score (nSPS) is 14.3. The van der Waals surface area contributed by atoms with Crippen LogP contribution in [0.4, 0.5) is 0 Å². The van der Waals surface area contributed by atoms with Crippen LogP contribution in [0.25, 0.3) is 0 Å². The molecule has 3 atom stereocenters. The van der Waals surface area contributed by atoms with Gasteiger partial charge in [-0.05, 0) is 76.7 Å². The summed E-state index contributed by atoms with van der Waals surface area (Å²) in [5, 5.41) is 8.87. The maximum absolute atomic E-state index is 12.6. The molecule has 1 unspecified atom stereocenters. The number of unbranched alkanes of at least 4 members (excludes halogenated alkanes) is 12. The van der Waals surface area contributed by atoms with Crippen LogP contribution in [0.5, 0.6) is 0 Å². The molecule has 0 fully saturated rings. The first-order chi connectivity index (χ1) is 26.5. The average molecular weight is 796 g/mol. The van der Waals surface area contributed by atoms with Crippen molar-refractivity contribution in [3.8, 4) is 0 Å². The number of ketones is 1. The predicted molar refractivity (Wildman–Crippen MR) is 217 cm³/mol. The third kappa shape index (κ3) is 36.3. The Morgan fingerprint density at radius 1 is 0.618 bits per heavy atom. The Hall–Kier alpha value is -3.15. The predicted octanol–water partition coefficient (Wildman–Crippen LogP) is 9.57. The van der Waals surface area contributed by atoms with Crippen LogP contribution in [0.15, 0.2) is 60.8 Å². The number of hydrogen-bond acceptors (Lipinski definition) is 10. The van der Waals surface area contributed by atoms with Gasteiger partial charge in [-0.25, -0.2) is 4.57 Å². The van der Waals surface area contributed by atoms with Crippen LogP contribution in [0, 0.1) is 0 Å². The molecule has 0 aliphatic rings. The van der Waals surface area contributed by atoms with E-state index in [1.807, 2.05) is 12.2 Å². The van der Waals surface area contributed by atoms with Crippen molar-refractivity contribution in [3.63, 3.8) is 0 Å². The highest BCUT2D eigenvalue weighted by Gasteiger charge is 2.28. The van der Waals surface area contributed by atoms with Gasteiger partial charge in [0.25, 0.3) is 0 Å². The third-order valence-corrected chi connectivity index (χ3v) is 9.17. The lowest BCUT2D eigenvalue weighted by atomic mass is 10.1. The zero-order valence-electron chi connectivity index (χ0n) is 33.5. The molecule has 0 aliphatic carbocycles. The van der Waals surface area contributed by atoms with Crippen molar-refractivity contribution in [1.82, 2.24) is 0 Å². The van der Waals surface area contributed by atoms with Crippen molar-refractivity contribution in [2.45, 2.75) is 161 Å². The number of rotatable bonds is 37. The van der Waals surface area contributed by atoms with Crippen molar-refractivity contribution >= 4 is 31.5 Å². The van der Waals surface area contributed by atoms with Crippen molar-refractivity contribution in [1.29, 1.82) is 0 Å². The molecule has 0 aromatic carbocycles. The molecule has 0 saturated heterocycles. The van der Waals surface area contributed by atoms with Crippen LogP contribution in [-0.2, 0) is 42.3 Å². The standard InChI is InChI=1S/C42H70NO11P/c1-3-5-7-8-9-10-11-12-13-14-15-18-21-24-28-32-40(45)51-34-38(35-52-55(49,50)53-36-39(43)42(47)48)54-41(46)33-29-25-22-19-16-17-20-23-27-31-37(44)30-26-6-4-2/h9-10,12-13,15,18,20,23,27,31,38-39H,3-8,11,14,16-17,19,21-22,24-26,28-30,32-36,43H2,1-2H3,(H,47,48)(H,49,50)/b10-9-,13-12-,18-15-,23-20-,31-27+/t38-,39+/m1/s1. The number of hydrogen-bond donors (Lipinski definition) is 3. The maximum Gasteiger partial charge on any atom is 0.472 e. The van der Waals surface area contributed by atoms with Gasteiger partial charge in [-0.15, -0.1) is 0 Å². The molecule has 0 rings (SSSR count). The molecule has 0 spiro atoms. The first-order valence-electron chi connectivity index (χ1n) is 20.3. The number of phosphoric ester groups is 1. The molecule has 0 radical (unpaired) electrons. The summed E-state index contributed by atoms with van der Waals surface area (Å²) >= 11 is 0. The average Bonchev–Trinajstić information content (AvgIpc) is 3.15. The monoisotopic (exact) mass is 795 g/mol. The number of carbonyl (C=O) groups excluding carboxylic acids is 3. The van der Waals surface area contributed by atoms with Crippen molar-refractivity contribution in [2.75, 3.05) is 19.8 Å². The van der Waals surface area contributed by atoms with Crippen molar-refractivity contribution < 1.29 is 52.3 Å². The molecule has 0 aromatic rings. The molecule has 314 valence electrons. The van der Waals surface area contributed by atoms with Crippen LogP contribution in [0.2, 0.25) is 0 Å². The minimum Gasteiger partial charge on any atom is -0.480 e. The highest BCUT2D eigenvalue weighted by Crippen LogP contribution is 2.43. The molecule has 0 amide bonds. The van der Waals surface area contributed by atoms with E-state index >= 15 is 0 Å². The Kier molecular flexibility index (Phi) is 34.4. The number of carboxylic acid groups (broad SMARTS) is 1. The lowest BCUT2D eigenvalue weighted by molar-refractivity contribution is -0.161. The Labute approximate surface area is 330 Å². The number of carboxylic acids is 1. The van der Waals surface area contributed by atoms with E-state index in [-0.39, 0.29) is 18.6 Å². The van der Waals surface area contributed by atoms with Crippen molar-refractivity contribution in [2.24, 2.45) is 5.73 Å². The summed E-state index contributed by atoms with van der Waals surface area (Å²) in [4.78, 5) is 57.6. The van der Waals surface area contributed by atoms with Crippen LogP contribution >= 0.6 is 7.82 Å². The van der Waals surface area contributed by atoms with Gasteiger partial charge in [0.1, 0.15) is 12.6 Å². The molecule has 13 heteroatoms. The number of aliphatic carboxylic acids is 1. The van der Waals surface area contributed by atoms with Crippen LogP contribution in [0.3, 0.4) is 0 Å². The smallest absolute Gasteiger partial charge is 0.472 e. The molecule has 0 aromatic heterocycles. The fraction of sp³-hybridized carbons (Fsp3) is 0.667. The number of esters is 2. The topological polar surface area (TPSA) is 189 Å². The molecular weight excluding hydrogens is 725 g/mol. The Balaban J connectivity index is 4.56. The largest absolute Gasteiger partial charge is 0.480 e. The molecule has 12 nitrogen and oxygen atoms in total. The highest BCUT2D eigenvalue weighted by atomic mass is 31.2. The number of allylic oxidation sites excluding steroid dienone is 10. The number of ether oxygens (including phenoxy) is 2. The summed E-state index contributed by atoms with van der Waals surface area (Å²) < 4.78 is 32.5. The Morgan fingerprint density at radius 3 is 1.80 bits per heavy atom. The lowest BCUT2D eigenvalue weighted by Gasteiger charge is -2.20. The quantitative estimate of drug-likeness (QED) is 0.0135. The summed E-state index contributed by atoms with van der Waals surface area (Å²) in [7, 11) is -4.75. The molecule has 0 saturated carbocycles. The Bertz CT molecular complexity index is 1230. The van der Waals surface area contributed by atoms with Crippen LogP contribution in [0.1, 0.15) is 149 Å².